The van der Waals surface area contributed by atoms with Crippen molar-refractivity contribution < 1.29 is 9.21 Å². The first kappa shape index (κ1) is 15.4. The number of carbonyl (C=O) groups is 1. The molecule has 3 rings (SSSR count). The minimum absolute atomic E-state index is 0.0878. The van der Waals surface area contributed by atoms with Crippen molar-refractivity contribution in [3.8, 4) is 11.6 Å². The summed E-state index contributed by atoms with van der Waals surface area (Å²) in [4.78, 5) is 15.0. The highest BCUT2D eigenvalue weighted by Gasteiger charge is 2.10. The van der Waals surface area contributed by atoms with E-state index in [0.29, 0.717) is 16.7 Å². The van der Waals surface area contributed by atoms with E-state index in [1.807, 2.05) is 24.3 Å². The third kappa shape index (κ3) is 4.01. The van der Waals surface area contributed by atoms with Crippen molar-refractivity contribution in [2.45, 2.75) is 18.5 Å². The quantitative estimate of drug-likeness (QED) is 0.678. The normalized spacial score (nSPS) is 10.7. The number of H-pyrrole nitrogens is 1. The summed E-state index contributed by atoms with van der Waals surface area (Å²) in [6.45, 7) is 2.10. The number of aromatic nitrogens is 3. The van der Waals surface area contributed by atoms with Crippen molar-refractivity contribution in [2.75, 3.05) is 11.1 Å². The van der Waals surface area contributed by atoms with Crippen LogP contribution < -0.4 is 5.32 Å². The van der Waals surface area contributed by atoms with Crippen molar-refractivity contribution in [3.63, 3.8) is 0 Å². The van der Waals surface area contributed by atoms with E-state index in [1.54, 1.807) is 18.4 Å². The van der Waals surface area contributed by atoms with Crippen molar-refractivity contribution in [2.24, 2.45) is 0 Å². The number of thioether (sulfide) groups is 1. The van der Waals surface area contributed by atoms with E-state index >= 15 is 0 Å². The summed E-state index contributed by atoms with van der Waals surface area (Å²) in [6.07, 6.45) is 2.55. The zero-order chi connectivity index (χ0) is 16.1. The molecular weight excluding hydrogens is 312 g/mol. The van der Waals surface area contributed by atoms with Gasteiger partial charge < -0.3 is 14.7 Å². The molecule has 0 saturated carbocycles. The van der Waals surface area contributed by atoms with Gasteiger partial charge in [0, 0.05) is 5.69 Å². The number of furan rings is 1. The molecule has 0 fully saturated rings. The first-order valence-electron chi connectivity index (χ1n) is 7.22. The van der Waals surface area contributed by atoms with E-state index < -0.39 is 0 Å². The molecule has 0 radical (unpaired) electrons. The van der Waals surface area contributed by atoms with Crippen LogP contribution in [0.2, 0.25) is 0 Å². The SMILES string of the molecule is CCc1ccc(NC(=O)CSc2nnc(-c3ccco3)[nH]2)cc1. The molecule has 7 heteroatoms. The molecular formula is C16H16N4O2S. The van der Waals surface area contributed by atoms with E-state index in [0.717, 1.165) is 12.1 Å². The Labute approximate surface area is 137 Å². The van der Waals surface area contributed by atoms with Gasteiger partial charge in [-0.3, -0.25) is 4.79 Å². The summed E-state index contributed by atoms with van der Waals surface area (Å²) in [5.41, 5.74) is 2.03. The second-order valence-corrected chi connectivity index (χ2v) is 5.81. The Balaban J connectivity index is 1.52. The maximum Gasteiger partial charge on any atom is 0.234 e. The Morgan fingerprint density at radius 1 is 1.26 bits per heavy atom. The molecule has 2 N–H and O–H groups in total. The molecule has 2 aromatic heterocycles. The third-order valence-corrected chi connectivity index (χ3v) is 4.07. The monoisotopic (exact) mass is 328 g/mol. The largest absolute Gasteiger partial charge is 0.461 e. The lowest BCUT2D eigenvalue weighted by atomic mass is 10.1. The molecule has 0 atom stereocenters. The van der Waals surface area contributed by atoms with Crippen LogP contribution in [0.15, 0.2) is 52.2 Å². The number of nitrogens with zero attached hydrogens (tertiary/aromatic N) is 2. The summed E-state index contributed by atoms with van der Waals surface area (Å²) in [5.74, 6) is 1.33. The van der Waals surface area contributed by atoms with Crippen LogP contribution >= 0.6 is 11.8 Å². The van der Waals surface area contributed by atoms with Gasteiger partial charge in [-0.25, -0.2) is 0 Å². The zero-order valence-corrected chi connectivity index (χ0v) is 13.4. The number of nitrogens with one attached hydrogen (secondary N) is 2. The number of aryl methyl sites for hydroxylation is 1. The molecule has 0 saturated heterocycles. The molecule has 6 nitrogen and oxygen atoms in total. The van der Waals surface area contributed by atoms with E-state index in [2.05, 4.69) is 27.4 Å². The highest BCUT2D eigenvalue weighted by atomic mass is 32.2. The average Bonchev–Trinajstić information content (AvgIpc) is 3.25. The topological polar surface area (TPSA) is 83.8 Å². The Bertz CT molecular complexity index is 766. The highest BCUT2D eigenvalue weighted by molar-refractivity contribution is 7.99. The summed E-state index contributed by atoms with van der Waals surface area (Å²) in [6, 6.07) is 11.4. The van der Waals surface area contributed by atoms with Gasteiger partial charge in [0.2, 0.25) is 5.91 Å². The second kappa shape index (κ2) is 7.15. The van der Waals surface area contributed by atoms with Gasteiger partial charge in [0.25, 0.3) is 0 Å². The van der Waals surface area contributed by atoms with Gasteiger partial charge in [0.15, 0.2) is 16.7 Å². The molecule has 1 amide bonds. The van der Waals surface area contributed by atoms with Gasteiger partial charge in [-0.1, -0.05) is 30.8 Å². The van der Waals surface area contributed by atoms with Crippen LogP contribution in [0, 0.1) is 0 Å². The van der Waals surface area contributed by atoms with E-state index in [-0.39, 0.29) is 11.7 Å². The minimum atomic E-state index is -0.0878. The first-order chi connectivity index (χ1) is 11.2. The summed E-state index contributed by atoms with van der Waals surface area (Å²) < 4.78 is 5.23. The van der Waals surface area contributed by atoms with Crippen LogP contribution in [-0.4, -0.2) is 26.8 Å². The number of carbonyl (C=O) groups excluding carboxylic acids is 1. The van der Waals surface area contributed by atoms with Crippen LogP contribution in [0.25, 0.3) is 11.6 Å². The number of aromatic amines is 1. The maximum atomic E-state index is 12.0. The summed E-state index contributed by atoms with van der Waals surface area (Å²) >= 11 is 1.29. The van der Waals surface area contributed by atoms with Crippen molar-refractivity contribution in [3.05, 3.63) is 48.2 Å². The van der Waals surface area contributed by atoms with E-state index in [9.17, 15) is 4.79 Å². The van der Waals surface area contributed by atoms with Gasteiger partial charge in [-0.05, 0) is 36.2 Å². The lowest BCUT2D eigenvalue weighted by molar-refractivity contribution is -0.113. The minimum Gasteiger partial charge on any atom is -0.461 e. The van der Waals surface area contributed by atoms with Crippen molar-refractivity contribution in [1.82, 2.24) is 15.2 Å². The van der Waals surface area contributed by atoms with Gasteiger partial charge in [-0.15, -0.1) is 10.2 Å². The maximum absolute atomic E-state index is 12.0. The number of hydrogen-bond acceptors (Lipinski definition) is 5. The second-order valence-electron chi connectivity index (χ2n) is 4.84. The Hall–Kier alpha value is -2.54. The molecule has 3 aromatic rings. The van der Waals surface area contributed by atoms with Gasteiger partial charge in [0.1, 0.15) is 0 Å². The molecule has 118 valence electrons. The van der Waals surface area contributed by atoms with Crippen molar-refractivity contribution >= 4 is 23.4 Å². The molecule has 0 aliphatic carbocycles. The number of rotatable bonds is 6. The first-order valence-corrected chi connectivity index (χ1v) is 8.21. The fourth-order valence-electron chi connectivity index (χ4n) is 1.99. The average molecular weight is 328 g/mol. The van der Waals surface area contributed by atoms with Gasteiger partial charge in [-0.2, -0.15) is 0 Å². The summed E-state index contributed by atoms with van der Waals surface area (Å²) in [5, 5.41) is 11.4. The Morgan fingerprint density at radius 3 is 2.78 bits per heavy atom. The fourth-order valence-corrected chi connectivity index (χ4v) is 2.60. The van der Waals surface area contributed by atoms with Crippen LogP contribution in [0.3, 0.4) is 0 Å². The number of hydrogen-bond donors (Lipinski definition) is 2. The van der Waals surface area contributed by atoms with Crippen LogP contribution in [-0.2, 0) is 11.2 Å². The molecule has 23 heavy (non-hydrogen) atoms. The fraction of sp³-hybridized carbons (Fsp3) is 0.188. The standard InChI is InChI=1S/C16H16N4O2S/c1-2-11-5-7-12(8-6-11)17-14(21)10-23-16-18-15(19-20-16)13-4-3-9-22-13/h3-9H,2,10H2,1H3,(H,17,21)(H,18,19,20). The van der Waals surface area contributed by atoms with Crippen molar-refractivity contribution in [1.29, 1.82) is 0 Å². The number of amides is 1. The molecule has 2 heterocycles. The highest BCUT2D eigenvalue weighted by Crippen LogP contribution is 2.19. The third-order valence-electron chi connectivity index (χ3n) is 3.21. The zero-order valence-electron chi connectivity index (χ0n) is 12.6. The van der Waals surface area contributed by atoms with Gasteiger partial charge >= 0.3 is 0 Å². The lowest BCUT2D eigenvalue weighted by Crippen LogP contribution is -2.14. The molecule has 0 unspecified atom stereocenters. The number of benzene rings is 1. The molecule has 0 aliphatic heterocycles. The summed E-state index contributed by atoms with van der Waals surface area (Å²) in [7, 11) is 0. The van der Waals surface area contributed by atoms with E-state index in [4.69, 9.17) is 4.42 Å². The molecule has 0 aliphatic rings. The van der Waals surface area contributed by atoms with Crippen LogP contribution in [0.1, 0.15) is 12.5 Å². The number of anilines is 1. The lowest BCUT2D eigenvalue weighted by Gasteiger charge is -2.05. The molecule has 1 aromatic carbocycles. The Morgan fingerprint density at radius 2 is 2.09 bits per heavy atom. The predicted octanol–water partition coefficient (Wildman–Crippen LogP) is 3.36. The predicted molar refractivity (Wildman–Crippen MR) is 89.3 cm³/mol. The molecule has 0 spiro atoms. The van der Waals surface area contributed by atoms with Gasteiger partial charge in [0.05, 0.1) is 12.0 Å². The van der Waals surface area contributed by atoms with Crippen LogP contribution in [0.4, 0.5) is 5.69 Å². The van der Waals surface area contributed by atoms with E-state index in [1.165, 1.54) is 17.3 Å². The van der Waals surface area contributed by atoms with Crippen LogP contribution in [0.5, 0.6) is 0 Å². The smallest absolute Gasteiger partial charge is 0.234 e. The molecule has 0 bridgehead atoms. The Kier molecular flexibility index (Phi) is 4.77.